The minimum absolute atomic E-state index is 0.163. The molecule has 2 aliphatic rings. The van der Waals surface area contributed by atoms with Gasteiger partial charge in [-0.25, -0.2) is 13.9 Å². The van der Waals surface area contributed by atoms with Crippen LogP contribution < -0.4 is 20.7 Å². The first kappa shape index (κ1) is 19.9. The van der Waals surface area contributed by atoms with Crippen LogP contribution in [0.1, 0.15) is 18.2 Å². The molecular formula is C19H27FN10O. The van der Waals surface area contributed by atoms with E-state index in [0.29, 0.717) is 35.5 Å². The summed E-state index contributed by atoms with van der Waals surface area (Å²) in [6.07, 6.45) is 3.58. The molecule has 0 aliphatic carbocycles. The molecule has 3 aromatic heterocycles. The third kappa shape index (κ3) is 3.55. The number of aryl methyl sites for hydroxylation is 1. The maximum Gasteiger partial charge on any atom is 0.256 e. The molecule has 12 heteroatoms. The highest BCUT2D eigenvalue weighted by molar-refractivity contribution is 5.73. The lowest BCUT2D eigenvalue weighted by Gasteiger charge is -2.17. The standard InChI is InChI=1S/C19H27FN10O/c1-11-6-22-17-16(24-19(26-30(11)17)28-8-13(20)14(21)9-28)23-15-10-29(25-18(15)31-3)12-4-5-27(2)7-12/h6,10,12-14H,4-5,7-9,21H2,1-3H3,(H,23,24,26)/t12?,13-,14-/m0/s1. The zero-order valence-electron chi connectivity index (χ0n) is 17.9. The van der Waals surface area contributed by atoms with Gasteiger partial charge < -0.3 is 25.6 Å². The number of hydrogen-bond acceptors (Lipinski definition) is 9. The van der Waals surface area contributed by atoms with Crippen LogP contribution in [0.5, 0.6) is 5.88 Å². The van der Waals surface area contributed by atoms with Crippen LogP contribution in [0.2, 0.25) is 0 Å². The van der Waals surface area contributed by atoms with E-state index < -0.39 is 12.2 Å². The Hall–Kier alpha value is -2.99. The lowest BCUT2D eigenvalue weighted by atomic mass is 10.3. The molecule has 2 aliphatic heterocycles. The Morgan fingerprint density at radius 2 is 2.10 bits per heavy atom. The Balaban J connectivity index is 1.51. The number of methoxy groups -OCH3 is 1. The van der Waals surface area contributed by atoms with Gasteiger partial charge in [0.25, 0.3) is 5.88 Å². The molecule has 166 valence electrons. The van der Waals surface area contributed by atoms with Crippen molar-refractivity contribution >= 4 is 23.1 Å². The van der Waals surface area contributed by atoms with Gasteiger partial charge in [-0.2, -0.15) is 4.98 Å². The zero-order valence-corrected chi connectivity index (χ0v) is 17.9. The van der Waals surface area contributed by atoms with E-state index in [1.54, 1.807) is 22.7 Å². The van der Waals surface area contributed by atoms with Gasteiger partial charge in [0.1, 0.15) is 11.9 Å². The lowest BCUT2D eigenvalue weighted by molar-refractivity contribution is 0.333. The highest BCUT2D eigenvalue weighted by atomic mass is 19.1. The van der Waals surface area contributed by atoms with Crippen LogP contribution in [0, 0.1) is 6.92 Å². The first-order valence-electron chi connectivity index (χ1n) is 10.4. The summed E-state index contributed by atoms with van der Waals surface area (Å²) in [5.41, 5.74) is 7.96. The van der Waals surface area contributed by atoms with Crippen molar-refractivity contribution < 1.29 is 9.13 Å². The Morgan fingerprint density at radius 1 is 1.26 bits per heavy atom. The van der Waals surface area contributed by atoms with E-state index in [1.165, 1.54) is 0 Å². The Morgan fingerprint density at radius 3 is 2.77 bits per heavy atom. The van der Waals surface area contributed by atoms with E-state index in [9.17, 15) is 4.39 Å². The van der Waals surface area contributed by atoms with Crippen LogP contribution in [0.15, 0.2) is 12.4 Å². The number of hydrogen-bond donors (Lipinski definition) is 2. The summed E-state index contributed by atoms with van der Waals surface area (Å²) in [6.45, 7) is 4.40. The van der Waals surface area contributed by atoms with Crippen LogP contribution >= 0.6 is 0 Å². The highest BCUT2D eigenvalue weighted by Crippen LogP contribution is 2.31. The van der Waals surface area contributed by atoms with Gasteiger partial charge in [0.15, 0.2) is 11.5 Å². The number of anilines is 3. The van der Waals surface area contributed by atoms with Gasteiger partial charge in [-0.3, -0.25) is 4.68 Å². The smallest absolute Gasteiger partial charge is 0.256 e. The third-order valence-electron chi connectivity index (χ3n) is 5.98. The Labute approximate surface area is 179 Å². The first-order valence-corrected chi connectivity index (χ1v) is 10.4. The third-order valence-corrected chi connectivity index (χ3v) is 5.98. The van der Waals surface area contributed by atoms with Gasteiger partial charge >= 0.3 is 0 Å². The van der Waals surface area contributed by atoms with Crippen LogP contribution in [-0.2, 0) is 0 Å². The molecule has 2 saturated heterocycles. The second-order valence-corrected chi connectivity index (χ2v) is 8.34. The molecule has 0 amide bonds. The molecule has 5 rings (SSSR count). The number of fused-ring (bicyclic) bond motifs is 1. The monoisotopic (exact) mass is 430 g/mol. The molecule has 2 fully saturated rings. The molecule has 3 atom stereocenters. The van der Waals surface area contributed by atoms with E-state index in [4.69, 9.17) is 10.5 Å². The largest absolute Gasteiger partial charge is 0.478 e. The van der Waals surface area contributed by atoms with Crippen molar-refractivity contribution in [1.82, 2.24) is 34.3 Å². The van der Waals surface area contributed by atoms with Gasteiger partial charge in [0.05, 0.1) is 43.8 Å². The van der Waals surface area contributed by atoms with Crippen molar-refractivity contribution in [3.05, 3.63) is 18.1 Å². The van der Waals surface area contributed by atoms with E-state index in [0.717, 1.165) is 25.2 Å². The highest BCUT2D eigenvalue weighted by Gasteiger charge is 2.32. The molecule has 3 N–H and O–H groups in total. The van der Waals surface area contributed by atoms with Crippen molar-refractivity contribution in [1.29, 1.82) is 0 Å². The molecule has 5 heterocycles. The number of aromatic nitrogens is 6. The van der Waals surface area contributed by atoms with Gasteiger partial charge in [-0.05, 0) is 26.9 Å². The minimum Gasteiger partial charge on any atom is -0.478 e. The van der Waals surface area contributed by atoms with Gasteiger partial charge in [0.2, 0.25) is 5.95 Å². The summed E-state index contributed by atoms with van der Waals surface area (Å²) in [7, 11) is 3.69. The SMILES string of the molecule is COc1nn(C2CCN(C)C2)cc1Nc1nc(N2C[C@H](N)[C@@H](F)C2)nn2c(C)cnc12. The van der Waals surface area contributed by atoms with Crippen LogP contribution in [0.25, 0.3) is 5.65 Å². The molecule has 0 radical (unpaired) electrons. The summed E-state index contributed by atoms with van der Waals surface area (Å²) in [6, 6.07) is -0.265. The summed E-state index contributed by atoms with van der Waals surface area (Å²) in [4.78, 5) is 13.1. The summed E-state index contributed by atoms with van der Waals surface area (Å²) in [5.74, 6) is 1.37. The van der Waals surface area contributed by atoms with Crippen LogP contribution in [-0.4, -0.2) is 86.8 Å². The predicted molar refractivity (Wildman–Crippen MR) is 114 cm³/mol. The molecule has 0 aromatic carbocycles. The predicted octanol–water partition coefficient (Wildman–Crippen LogP) is 0.743. The number of imidazole rings is 1. The fourth-order valence-electron chi connectivity index (χ4n) is 4.20. The zero-order chi connectivity index (χ0) is 21.7. The first-order chi connectivity index (χ1) is 14.9. The van der Waals surface area contributed by atoms with Crippen molar-refractivity contribution in [3.8, 4) is 5.88 Å². The van der Waals surface area contributed by atoms with Crippen LogP contribution in [0.4, 0.5) is 21.8 Å². The average molecular weight is 430 g/mol. The summed E-state index contributed by atoms with van der Waals surface area (Å²) in [5, 5.41) is 12.5. The van der Waals surface area contributed by atoms with E-state index in [-0.39, 0.29) is 12.6 Å². The second-order valence-electron chi connectivity index (χ2n) is 8.34. The maximum absolute atomic E-state index is 14.0. The number of likely N-dealkylation sites (tertiary alicyclic amines) is 1. The Kier molecular flexibility index (Phi) is 4.89. The van der Waals surface area contributed by atoms with Crippen molar-refractivity contribution in [2.45, 2.75) is 31.6 Å². The van der Waals surface area contributed by atoms with Crippen molar-refractivity contribution in [3.63, 3.8) is 0 Å². The number of alkyl halides is 1. The lowest BCUT2D eigenvalue weighted by Crippen LogP contribution is -2.30. The molecule has 1 unspecified atom stereocenters. The van der Waals surface area contributed by atoms with Crippen LogP contribution in [0.3, 0.4) is 0 Å². The molecule has 31 heavy (non-hydrogen) atoms. The molecular weight excluding hydrogens is 403 g/mol. The number of ether oxygens (including phenoxy) is 1. The van der Waals surface area contributed by atoms with Gasteiger partial charge in [0, 0.05) is 13.1 Å². The second kappa shape index (κ2) is 7.61. The fraction of sp³-hybridized carbons (Fsp3) is 0.579. The maximum atomic E-state index is 14.0. The van der Waals surface area contributed by atoms with E-state index in [2.05, 4.69) is 37.4 Å². The number of nitrogens with two attached hydrogens (primary N) is 1. The number of rotatable bonds is 5. The summed E-state index contributed by atoms with van der Waals surface area (Å²) >= 11 is 0. The van der Waals surface area contributed by atoms with Gasteiger partial charge in [-0.15, -0.1) is 10.2 Å². The number of halogens is 1. The normalized spacial score (nSPS) is 24.4. The molecule has 0 saturated carbocycles. The van der Waals surface area contributed by atoms with Gasteiger partial charge in [-0.1, -0.05) is 0 Å². The molecule has 3 aromatic rings. The van der Waals surface area contributed by atoms with E-state index in [1.807, 2.05) is 17.8 Å². The fourth-order valence-corrected chi connectivity index (χ4v) is 4.20. The Bertz CT molecular complexity index is 1090. The quantitative estimate of drug-likeness (QED) is 0.605. The number of nitrogens with one attached hydrogen (secondary N) is 1. The van der Waals surface area contributed by atoms with Crippen molar-refractivity contribution in [2.75, 3.05) is 50.6 Å². The molecule has 0 bridgehead atoms. The summed E-state index contributed by atoms with van der Waals surface area (Å²) < 4.78 is 23.2. The topological polar surface area (TPSA) is 115 Å². The minimum atomic E-state index is -1.11. The number of likely N-dealkylation sites (N-methyl/N-ethyl adjacent to an activating group) is 1. The molecule has 0 spiro atoms. The van der Waals surface area contributed by atoms with Crippen molar-refractivity contribution in [2.24, 2.45) is 5.73 Å². The van der Waals surface area contributed by atoms with E-state index >= 15 is 0 Å². The molecule has 11 nitrogen and oxygen atoms in total. The number of nitrogens with zero attached hydrogens (tertiary/aromatic N) is 8. The average Bonchev–Trinajstić information content (AvgIpc) is 3.51.